The Hall–Kier alpha value is -2.08. The molecule has 0 fully saturated rings. The van der Waals surface area contributed by atoms with Crippen LogP contribution in [-0.2, 0) is 9.53 Å². The maximum atomic E-state index is 11.2. The fraction of sp³-hybridized carbons (Fsp3) is 0.154. The van der Waals surface area contributed by atoms with E-state index in [9.17, 15) is 14.7 Å². The van der Waals surface area contributed by atoms with E-state index in [-0.39, 0.29) is 17.3 Å². The molecule has 0 aliphatic heterocycles. The molecule has 1 aromatic heterocycles. The highest BCUT2D eigenvalue weighted by Gasteiger charge is 2.12. The Kier molecular flexibility index (Phi) is 4.01. The van der Waals surface area contributed by atoms with Gasteiger partial charge in [-0.25, -0.2) is 9.78 Å². The van der Waals surface area contributed by atoms with E-state index in [4.69, 9.17) is 0 Å². The summed E-state index contributed by atoms with van der Waals surface area (Å²) in [6.45, 7) is 0. The quantitative estimate of drug-likeness (QED) is 0.682. The summed E-state index contributed by atoms with van der Waals surface area (Å²) in [5.74, 6) is -1.30. The molecule has 0 bridgehead atoms. The first-order chi connectivity index (χ1) is 9.11. The number of fused-ring (bicyclic) bond motifs is 1. The van der Waals surface area contributed by atoms with Crippen LogP contribution < -0.4 is 0 Å². The Labute approximate surface area is 113 Å². The predicted molar refractivity (Wildman–Crippen MR) is 71.4 cm³/mol. The Morgan fingerprint density at radius 1 is 1.37 bits per heavy atom. The highest BCUT2D eigenvalue weighted by atomic mass is 32.2. The van der Waals surface area contributed by atoms with Gasteiger partial charge in [0.1, 0.15) is 0 Å². The Balaban J connectivity index is 2.40. The molecule has 0 saturated heterocycles. The number of hydrogen-bond donors (Lipinski definition) is 1. The Morgan fingerprint density at radius 3 is 2.79 bits per heavy atom. The number of carboxylic acid groups (broad SMARTS) is 1. The van der Waals surface area contributed by atoms with Crippen molar-refractivity contribution >= 4 is 34.6 Å². The maximum absolute atomic E-state index is 11.2. The molecule has 0 spiro atoms. The van der Waals surface area contributed by atoms with E-state index in [0.29, 0.717) is 15.9 Å². The second-order valence-electron chi connectivity index (χ2n) is 3.70. The Bertz CT molecular complexity index is 642. The summed E-state index contributed by atoms with van der Waals surface area (Å²) in [6.07, 6.45) is 0. The number of pyridine rings is 1. The van der Waals surface area contributed by atoms with Crippen molar-refractivity contribution in [1.82, 2.24) is 4.98 Å². The standard InChI is InChI=1S/C13H11NO4S/c1-18-12(15)7-19-11-6-9(13(16)17)8-4-2-3-5-10(8)14-11/h2-6H,7H2,1H3,(H,16,17). The predicted octanol–water partition coefficient (Wildman–Crippen LogP) is 2.20. The van der Waals surface area contributed by atoms with Crippen LogP contribution in [0.4, 0.5) is 0 Å². The summed E-state index contributed by atoms with van der Waals surface area (Å²) in [5, 5.41) is 10.3. The minimum atomic E-state index is -1.02. The average molecular weight is 277 g/mol. The molecule has 6 heteroatoms. The minimum Gasteiger partial charge on any atom is -0.478 e. The van der Waals surface area contributed by atoms with Gasteiger partial charge in [0.2, 0.25) is 0 Å². The number of thioether (sulfide) groups is 1. The molecular weight excluding hydrogens is 266 g/mol. The number of hydrogen-bond acceptors (Lipinski definition) is 5. The van der Waals surface area contributed by atoms with Crippen LogP contribution in [0.15, 0.2) is 35.4 Å². The van der Waals surface area contributed by atoms with Crippen LogP contribution in [0.2, 0.25) is 0 Å². The third-order valence-corrected chi connectivity index (χ3v) is 3.37. The van der Waals surface area contributed by atoms with Crippen molar-refractivity contribution in [3.8, 4) is 0 Å². The van der Waals surface area contributed by atoms with E-state index in [2.05, 4.69) is 9.72 Å². The molecular formula is C13H11NO4S. The van der Waals surface area contributed by atoms with Crippen molar-refractivity contribution in [2.45, 2.75) is 5.03 Å². The molecule has 1 N–H and O–H groups in total. The van der Waals surface area contributed by atoms with Gasteiger partial charge < -0.3 is 9.84 Å². The second kappa shape index (κ2) is 5.71. The van der Waals surface area contributed by atoms with Crippen LogP contribution in [0, 0.1) is 0 Å². The van der Waals surface area contributed by atoms with Crippen molar-refractivity contribution < 1.29 is 19.4 Å². The van der Waals surface area contributed by atoms with E-state index in [0.717, 1.165) is 11.8 Å². The number of esters is 1. The largest absolute Gasteiger partial charge is 0.478 e. The molecule has 1 heterocycles. The number of carboxylic acids is 1. The number of aromatic carboxylic acids is 1. The van der Waals surface area contributed by atoms with Gasteiger partial charge in [0, 0.05) is 5.39 Å². The third kappa shape index (κ3) is 3.03. The lowest BCUT2D eigenvalue weighted by molar-refractivity contribution is -0.137. The zero-order valence-electron chi connectivity index (χ0n) is 10.1. The van der Waals surface area contributed by atoms with Gasteiger partial charge in [0.15, 0.2) is 0 Å². The molecule has 1 aromatic carbocycles. The highest BCUT2D eigenvalue weighted by molar-refractivity contribution is 7.99. The van der Waals surface area contributed by atoms with Crippen LogP contribution >= 0.6 is 11.8 Å². The second-order valence-corrected chi connectivity index (χ2v) is 4.69. The number of rotatable bonds is 4. The smallest absolute Gasteiger partial charge is 0.336 e. The van der Waals surface area contributed by atoms with E-state index < -0.39 is 5.97 Å². The van der Waals surface area contributed by atoms with Gasteiger partial charge in [0.05, 0.1) is 29.0 Å². The van der Waals surface area contributed by atoms with Crippen LogP contribution in [0.1, 0.15) is 10.4 Å². The summed E-state index contributed by atoms with van der Waals surface area (Å²) in [4.78, 5) is 26.6. The van der Waals surface area contributed by atoms with Gasteiger partial charge in [0.25, 0.3) is 0 Å². The first kappa shape index (κ1) is 13.4. The van der Waals surface area contributed by atoms with Crippen molar-refractivity contribution in [2.24, 2.45) is 0 Å². The van der Waals surface area contributed by atoms with E-state index >= 15 is 0 Å². The van der Waals surface area contributed by atoms with Crippen LogP contribution in [0.3, 0.4) is 0 Å². The SMILES string of the molecule is COC(=O)CSc1cc(C(=O)O)c2ccccc2n1. The fourth-order valence-electron chi connectivity index (χ4n) is 1.59. The number of para-hydroxylation sites is 1. The van der Waals surface area contributed by atoms with Crippen LogP contribution in [0.25, 0.3) is 10.9 Å². The fourth-order valence-corrected chi connectivity index (χ4v) is 2.34. The lowest BCUT2D eigenvalue weighted by atomic mass is 10.1. The highest BCUT2D eigenvalue weighted by Crippen LogP contribution is 2.24. The van der Waals surface area contributed by atoms with Crippen molar-refractivity contribution in [2.75, 3.05) is 12.9 Å². The van der Waals surface area contributed by atoms with Gasteiger partial charge in [-0.15, -0.1) is 0 Å². The molecule has 0 aliphatic carbocycles. The van der Waals surface area contributed by atoms with Gasteiger partial charge in [-0.1, -0.05) is 30.0 Å². The molecule has 2 rings (SSSR count). The van der Waals surface area contributed by atoms with Crippen LogP contribution in [-0.4, -0.2) is 34.9 Å². The molecule has 19 heavy (non-hydrogen) atoms. The lowest BCUT2D eigenvalue weighted by Crippen LogP contribution is -2.04. The summed E-state index contributed by atoms with van der Waals surface area (Å²) < 4.78 is 4.53. The molecule has 0 radical (unpaired) electrons. The van der Waals surface area contributed by atoms with Gasteiger partial charge in [-0.2, -0.15) is 0 Å². The number of carbonyl (C=O) groups is 2. The monoisotopic (exact) mass is 277 g/mol. The summed E-state index contributed by atoms with van der Waals surface area (Å²) in [6, 6.07) is 8.47. The zero-order chi connectivity index (χ0) is 13.8. The summed E-state index contributed by atoms with van der Waals surface area (Å²) in [5.41, 5.74) is 0.771. The number of nitrogens with zero attached hydrogens (tertiary/aromatic N) is 1. The van der Waals surface area contributed by atoms with Gasteiger partial charge >= 0.3 is 11.9 Å². The summed E-state index contributed by atoms with van der Waals surface area (Å²) in [7, 11) is 1.30. The molecule has 0 saturated carbocycles. The number of carbonyl (C=O) groups excluding carboxylic acids is 1. The number of aromatic nitrogens is 1. The molecule has 2 aromatic rings. The zero-order valence-corrected chi connectivity index (χ0v) is 10.9. The van der Waals surface area contributed by atoms with E-state index in [1.54, 1.807) is 24.3 Å². The topological polar surface area (TPSA) is 76.5 Å². The first-order valence-electron chi connectivity index (χ1n) is 5.44. The number of ether oxygens (including phenoxy) is 1. The normalized spacial score (nSPS) is 10.4. The minimum absolute atomic E-state index is 0.0981. The molecule has 5 nitrogen and oxygen atoms in total. The lowest BCUT2D eigenvalue weighted by Gasteiger charge is -2.05. The van der Waals surface area contributed by atoms with Gasteiger partial charge in [-0.05, 0) is 12.1 Å². The van der Waals surface area contributed by atoms with Crippen molar-refractivity contribution in [3.63, 3.8) is 0 Å². The molecule has 98 valence electrons. The number of methoxy groups -OCH3 is 1. The van der Waals surface area contributed by atoms with Gasteiger partial charge in [-0.3, -0.25) is 4.79 Å². The average Bonchev–Trinajstić information content (AvgIpc) is 2.43. The van der Waals surface area contributed by atoms with E-state index in [1.165, 1.54) is 13.2 Å². The van der Waals surface area contributed by atoms with Crippen molar-refractivity contribution in [1.29, 1.82) is 0 Å². The first-order valence-corrected chi connectivity index (χ1v) is 6.43. The maximum Gasteiger partial charge on any atom is 0.336 e. The Morgan fingerprint density at radius 2 is 2.11 bits per heavy atom. The summed E-state index contributed by atoms with van der Waals surface area (Å²) >= 11 is 1.15. The molecule has 0 aliphatic rings. The molecule has 0 amide bonds. The molecule has 0 unspecified atom stereocenters. The van der Waals surface area contributed by atoms with Crippen LogP contribution in [0.5, 0.6) is 0 Å². The van der Waals surface area contributed by atoms with Crippen molar-refractivity contribution in [3.05, 3.63) is 35.9 Å². The van der Waals surface area contributed by atoms with E-state index in [1.807, 2.05) is 0 Å². The number of benzene rings is 1. The molecule has 0 atom stereocenters. The third-order valence-electron chi connectivity index (χ3n) is 2.49.